The molecule has 0 aliphatic heterocycles. The van der Waals surface area contributed by atoms with Gasteiger partial charge in [-0.15, -0.1) is 0 Å². The van der Waals surface area contributed by atoms with Gasteiger partial charge in [-0.25, -0.2) is 0 Å². The first-order valence-electron chi connectivity index (χ1n) is 2.86. The molecule has 0 atom stereocenters. The van der Waals surface area contributed by atoms with Crippen LogP contribution in [-0.2, 0) is 4.43 Å². The van der Waals surface area contributed by atoms with Crippen LogP contribution in [0.5, 0.6) is 0 Å². The average Bonchev–Trinajstić information content (AvgIpc) is 1.81. The van der Waals surface area contributed by atoms with E-state index in [0.717, 1.165) is 13.0 Å². The fraction of sp³-hybridized carbons (Fsp3) is 0.800. The first-order chi connectivity index (χ1) is 3.91. The van der Waals surface area contributed by atoms with Crippen molar-refractivity contribution in [1.29, 1.82) is 0 Å². The maximum atomic E-state index is 5.21. The molecule has 0 spiro atoms. The summed E-state index contributed by atoms with van der Waals surface area (Å²) in [7, 11) is -0.223. The highest BCUT2D eigenvalue weighted by atomic mass is 32.4. The third-order valence-corrected chi connectivity index (χ3v) is 3.84. The van der Waals surface area contributed by atoms with Gasteiger partial charge in [0, 0.05) is 6.61 Å². The Bertz CT molecular complexity index is 37.4. The van der Waals surface area contributed by atoms with Crippen LogP contribution in [0.4, 0.5) is 0 Å². The maximum Gasteiger partial charge on any atom is 0.222 e. The normalized spacial score (nSPS) is 11.2. The Balaban J connectivity index is 2.53. The first kappa shape index (κ1) is 8.53. The van der Waals surface area contributed by atoms with Crippen molar-refractivity contribution < 1.29 is 4.43 Å². The van der Waals surface area contributed by atoms with E-state index >= 15 is 0 Å². The van der Waals surface area contributed by atoms with Gasteiger partial charge in [-0.05, 0) is 19.1 Å². The summed E-state index contributed by atoms with van der Waals surface area (Å²) < 4.78 is 5.21. The van der Waals surface area contributed by atoms with Gasteiger partial charge < -0.3 is 4.43 Å². The van der Waals surface area contributed by atoms with Gasteiger partial charge in [0.2, 0.25) is 8.91 Å². The summed E-state index contributed by atoms with van der Waals surface area (Å²) in [5.74, 6) is 1.17. The van der Waals surface area contributed by atoms with E-state index in [1.165, 1.54) is 5.75 Å². The van der Waals surface area contributed by atoms with E-state index < -0.39 is 0 Å². The lowest BCUT2D eigenvalue weighted by Crippen LogP contribution is -1.93. The topological polar surface area (TPSA) is 9.23 Å². The van der Waals surface area contributed by atoms with Crippen LogP contribution in [0.3, 0.4) is 0 Å². The minimum absolute atomic E-state index is 0.223. The quantitative estimate of drug-likeness (QED) is 0.426. The second-order valence-corrected chi connectivity index (χ2v) is 4.76. The molecule has 0 saturated heterocycles. The van der Waals surface area contributed by atoms with Crippen LogP contribution in [0.1, 0.15) is 13.3 Å². The van der Waals surface area contributed by atoms with E-state index in [1.807, 2.05) is 18.1 Å². The van der Waals surface area contributed by atoms with Gasteiger partial charge in [0.25, 0.3) is 0 Å². The van der Waals surface area contributed by atoms with Crippen LogP contribution in [-0.4, -0.2) is 21.3 Å². The predicted octanol–water partition coefficient (Wildman–Crippen LogP) is 0.979. The summed E-state index contributed by atoms with van der Waals surface area (Å²) in [4.78, 5) is 0. The van der Waals surface area contributed by atoms with Crippen LogP contribution >= 0.6 is 11.2 Å². The van der Waals surface area contributed by atoms with Crippen molar-refractivity contribution in [3.8, 4) is 0 Å². The third kappa shape index (κ3) is 6.53. The largest absolute Gasteiger partial charge is 0.413 e. The SMILES string of the molecule is [CH2]CCS[SiH2]OCC. The molecule has 0 heterocycles. The zero-order valence-corrected chi connectivity index (χ0v) is 7.58. The van der Waals surface area contributed by atoms with E-state index in [4.69, 9.17) is 4.43 Å². The molecule has 49 valence electrons. The Labute approximate surface area is 57.8 Å². The fourth-order valence-corrected chi connectivity index (χ4v) is 2.73. The molecule has 0 aromatic rings. The molecule has 0 saturated carbocycles. The van der Waals surface area contributed by atoms with Crippen molar-refractivity contribution in [3.63, 3.8) is 0 Å². The minimum Gasteiger partial charge on any atom is -0.413 e. The Hall–Kier alpha value is 0.527. The minimum atomic E-state index is -0.223. The van der Waals surface area contributed by atoms with E-state index in [0.29, 0.717) is 0 Å². The van der Waals surface area contributed by atoms with Crippen molar-refractivity contribution in [2.24, 2.45) is 0 Å². The highest BCUT2D eigenvalue weighted by Crippen LogP contribution is 1.97. The molecule has 0 aromatic heterocycles. The van der Waals surface area contributed by atoms with Crippen LogP contribution in [0, 0.1) is 6.92 Å². The molecule has 0 bridgehead atoms. The smallest absolute Gasteiger partial charge is 0.222 e. The lowest BCUT2D eigenvalue weighted by molar-refractivity contribution is 0.372. The molecule has 0 fully saturated rings. The van der Waals surface area contributed by atoms with Gasteiger partial charge in [0.15, 0.2) is 0 Å². The first-order valence-corrected chi connectivity index (χ1v) is 6.33. The van der Waals surface area contributed by atoms with Gasteiger partial charge in [-0.2, -0.15) is 11.2 Å². The molecule has 1 nitrogen and oxygen atoms in total. The van der Waals surface area contributed by atoms with Crippen LogP contribution in [0.25, 0.3) is 0 Å². The molecule has 0 rings (SSSR count). The second kappa shape index (κ2) is 7.53. The molecule has 0 aliphatic rings. The number of hydrogen-bond acceptors (Lipinski definition) is 2. The molecular formula is C5H13OSSi. The van der Waals surface area contributed by atoms with Crippen molar-refractivity contribution in [1.82, 2.24) is 0 Å². The Morgan fingerprint density at radius 2 is 2.50 bits per heavy atom. The van der Waals surface area contributed by atoms with E-state index in [-0.39, 0.29) is 8.91 Å². The zero-order chi connectivity index (χ0) is 6.24. The lowest BCUT2D eigenvalue weighted by Gasteiger charge is -1.96. The van der Waals surface area contributed by atoms with Gasteiger partial charge in [-0.3, -0.25) is 0 Å². The van der Waals surface area contributed by atoms with Gasteiger partial charge >= 0.3 is 0 Å². The molecule has 0 aromatic carbocycles. The Kier molecular flexibility index (Phi) is 8.02. The van der Waals surface area contributed by atoms with Crippen molar-refractivity contribution in [2.75, 3.05) is 12.4 Å². The van der Waals surface area contributed by atoms with Crippen molar-refractivity contribution in [3.05, 3.63) is 6.92 Å². The second-order valence-electron chi connectivity index (χ2n) is 1.37. The van der Waals surface area contributed by atoms with Crippen molar-refractivity contribution in [2.45, 2.75) is 13.3 Å². The molecule has 0 unspecified atom stereocenters. The van der Waals surface area contributed by atoms with Crippen molar-refractivity contribution >= 4 is 20.1 Å². The lowest BCUT2D eigenvalue weighted by atomic mass is 10.6. The Morgan fingerprint density at radius 3 is 3.00 bits per heavy atom. The summed E-state index contributed by atoms with van der Waals surface area (Å²) in [6, 6.07) is 0. The molecule has 0 aliphatic carbocycles. The Morgan fingerprint density at radius 1 is 1.75 bits per heavy atom. The molecule has 0 N–H and O–H groups in total. The van der Waals surface area contributed by atoms with E-state index in [2.05, 4.69) is 6.92 Å². The van der Waals surface area contributed by atoms with Gasteiger partial charge in [0.1, 0.15) is 0 Å². The number of rotatable bonds is 5. The fourth-order valence-electron chi connectivity index (χ4n) is 0.303. The molecule has 3 heteroatoms. The maximum absolute atomic E-state index is 5.21. The summed E-state index contributed by atoms with van der Waals surface area (Å²) in [6.45, 7) is 6.65. The van der Waals surface area contributed by atoms with E-state index in [9.17, 15) is 0 Å². The predicted molar refractivity (Wildman–Crippen MR) is 42.6 cm³/mol. The molecule has 0 amide bonds. The standard InChI is InChI=1S/C5H13OSSi/c1-3-5-7-8-6-4-2/h1,3-5,8H2,2H3. The number of hydrogen-bond donors (Lipinski definition) is 0. The third-order valence-electron chi connectivity index (χ3n) is 0.659. The van der Waals surface area contributed by atoms with Crippen LogP contribution in [0.15, 0.2) is 0 Å². The van der Waals surface area contributed by atoms with E-state index in [1.54, 1.807) is 0 Å². The van der Waals surface area contributed by atoms with Crippen LogP contribution < -0.4 is 0 Å². The molecular weight excluding hydrogens is 136 g/mol. The summed E-state index contributed by atoms with van der Waals surface area (Å²) in [5, 5.41) is 0. The summed E-state index contributed by atoms with van der Waals surface area (Å²) in [5.41, 5.74) is 0. The monoisotopic (exact) mass is 149 g/mol. The van der Waals surface area contributed by atoms with Crippen LogP contribution in [0.2, 0.25) is 0 Å². The summed E-state index contributed by atoms with van der Waals surface area (Å²) in [6.07, 6.45) is 1.03. The van der Waals surface area contributed by atoms with Gasteiger partial charge in [-0.1, -0.05) is 6.92 Å². The van der Waals surface area contributed by atoms with Gasteiger partial charge in [0.05, 0.1) is 0 Å². The zero-order valence-electron chi connectivity index (χ0n) is 5.35. The average molecular weight is 149 g/mol. The molecule has 8 heavy (non-hydrogen) atoms. The summed E-state index contributed by atoms with van der Waals surface area (Å²) >= 11 is 1.93. The highest BCUT2D eigenvalue weighted by molar-refractivity contribution is 8.21. The highest BCUT2D eigenvalue weighted by Gasteiger charge is 1.84. The molecule has 1 radical (unpaired) electrons.